The maximum absolute atomic E-state index is 13.9. The van der Waals surface area contributed by atoms with E-state index in [0.29, 0.717) is 30.8 Å². The van der Waals surface area contributed by atoms with Crippen LogP contribution in [0.3, 0.4) is 0 Å². The van der Waals surface area contributed by atoms with Crippen molar-refractivity contribution in [2.75, 3.05) is 10.6 Å². The van der Waals surface area contributed by atoms with Gasteiger partial charge in [-0.1, -0.05) is 0 Å². The SMILES string of the molecule is O=C1CCc2cc(NCc3cc[nH]c3)c(F)cc2N1. The summed E-state index contributed by atoms with van der Waals surface area (Å²) in [5.74, 6) is -0.406. The van der Waals surface area contributed by atoms with Gasteiger partial charge in [-0.2, -0.15) is 0 Å². The average molecular weight is 259 g/mol. The van der Waals surface area contributed by atoms with Crippen molar-refractivity contribution < 1.29 is 9.18 Å². The standard InChI is InChI=1S/C14H14FN3O/c15-11-6-12-10(1-2-14(19)18-12)5-13(11)17-8-9-3-4-16-7-9/h3-7,16-17H,1-2,8H2,(H,18,19). The van der Waals surface area contributed by atoms with E-state index in [-0.39, 0.29) is 11.7 Å². The third kappa shape index (κ3) is 2.45. The lowest BCUT2D eigenvalue weighted by Gasteiger charge is -2.18. The first kappa shape index (κ1) is 11.8. The van der Waals surface area contributed by atoms with Gasteiger partial charge in [0, 0.05) is 31.0 Å². The van der Waals surface area contributed by atoms with Crippen LogP contribution in [0.2, 0.25) is 0 Å². The summed E-state index contributed by atoms with van der Waals surface area (Å²) >= 11 is 0. The molecule has 0 aliphatic carbocycles. The number of amides is 1. The number of aromatic amines is 1. The van der Waals surface area contributed by atoms with Crippen LogP contribution in [0.15, 0.2) is 30.6 Å². The maximum Gasteiger partial charge on any atom is 0.224 e. The molecule has 4 nitrogen and oxygen atoms in total. The van der Waals surface area contributed by atoms with Crippen molar-refractivity contribution in [3.8, 4) is 0 Å². The zero-order chi connectivity index (χ0) is 13.2. The normalized spacial score (nSPS) is 13.8. The van der Waals surface area contributed by atoms with E-state index in [0.717, 1.165) is 11.1 Å². The van der Waals surface area contributed by atoms with Crippen LogP contribution in [0, 0.1) is 5.82 Å². The highest BCUT2D eigenvalue weighted by Gasteiger charge is 2.17. The van der Waals surface area contributed by atoms with Gasteiger partial charge in [0.2, 0.25) is 5.91 Å². The third-order valence-corrected chi connectivity index (χ3v) is 3.23. The number of aromatic nitrogens is 1. The van der Waals surface area contributed by atoms with Gasteiger partial charge in [-0.25, -0.2) is 4.39 Å². The summed E-state index contributed by atoms with van der Waals surface area (Å²) in [6.07, 6.45) is 4.80. The Hall–Kier alpha value is -2.30. The Kier molecular flexibility index (Phi) is 2.95. The lowest BCUT2D eigenvalue weighted by molar-refractivity contribution is -0.116. The smallest absolute Gasteiger partial charge is 0.224 e. The average Bonchev–Trinajstić information content (AvgIpc) is 2.89. The Morgan fingerprint density at radius 3 is 3.00 bits per heavy atom. The van der Waals surface area contributed by atoms with E-state index in [9.17, 15) is 9.18 Å². The number of H-pyrrole nitrogens is 1. The van der Waals surface area contributed by atoms with E-state index in [1.165, 1.54) is 6.07 Å². The van der Waals surface area contributed by atoms with Gasteiger partial charge in [-0.3, -0.25) is 4.79 Å². The minimum atomic E-state index is -0.350. The summed E-state index contributed by atoms with van der Waals surface area (Å²) in [6.45, 7) is 0.561. The lowest BCUT2D eigenvalue weighted by atomic mass is 10.0. The first-order chi connectivity index (χ1) is 9.22. The molecule has 19 heavy (non-hydrogen) atoms. The second-order valence-electron chi connectivity index (χ2n) is 4.61. The topological polar surface area (TPSA) is 56.9 Å². The molecule has 0 radical (unpaired) electrons. The molecule has 1 aromatic heterocycles. The van der Waals surface area contributed by atoms with Gasteiger partial charge in [0.15, 0.2) is 0 Å². The maximum atomic E-state index is 13.9. The van der Waals surface area contributed by atoms with E-state index in [1.807, 2.05) is 18.5 Å². The highest BCUT2D eigenvalue weighted by Crippen LogP contribution is 2.28. The van der Waals surface area contributed by atoms with Crippen LogP contribution in [0.4, 0.5) is 15.8 Å². The van der Waals surface area contributed by atoms with Crippen LogP contribution in [-0.4, -0.2) is 10.9 Å². The number of carbonyl (C=O) groups is 1. The molecule has 1 aliphatic heterocycles. The number of fused-ring (bicyclic) bond motifs is 1. The Morgan fingerprint density at radius 1 is 1.32 bits per heavy atom. The Balaban J connectivity index is 1.80. The molecule has 1 aromatic carbocycles. The van der Waals surface area contributed by atoms with Gasteiger partial charge < -0.3 is 15.6 Å². The first-order valence-electron chi connectivity index (χ1n) is 6.20. The number of nitrogens with one attached hydrogen (secondary N) is 3. The van der Waals surface area contributed by atoms with Gasteiger partial charge in [-0.05, 0) is 35.7 Å². The summed E-state index contributed by atoms with van der Waals surface area (Å²) in [6, 6.07) is 5.09. The fraction of sp³-hybridized carbons (Fsp3) is 0.214. The molecule has 3 rings (SSSR count). The molecular weight excluding hydrogens is 245 g/mol. The number of aryl methyl sites for hydroxylation is 1. The predicted molar refractivity (Wildman–Crippen MR) is 71.5 cm³/mol. The number of anilines is 2. The molecule has 1 aliphatic rings. The van der Waals surface area contributed by atoms with E-state index in [4.69, 9.17) is 0 Å². The van der Waals surface area contributed by atoms with Crippen molar-refractivity contribution in [2.24, 2.45) is 0 Å². The van der Waals surface area contributed by atoms with E-state index in [2.05, 4.69) is 15.6 Å². The number of hydrogen-bond donors (Lipinski definition) is 3. The largest absolute Gasteiger partial charge is 0.379 e. The number of halogens is 1. The quantitative estimate of drug-likeness (QED) is 0.793. The van der Waals surface area contributed by atoms with E-state index < -0.39 is 0 Å². The summed E-state index contributed by atoms with van der Waals surface area (Å²) in [7, 11) is 0. The Bertz CT molecular complexity index is 607. The number of rotatable bonds is 3. The van der Waals surface area contributed by atoms with Gasteiger partial charge in [0.25, 0.3) is 0 Å². The monoisotopic (exact) mass is 259 g/mol. The van der Waals surface area contributed by atoms with Gasteiger partial charge in [0.05, 0.1) is 5.69 Å². The number of hydrogen-bond acceptors (Lipinski definition) is 2. The molecule has 3 N–H and O–H groups in total. The molecule has 0 unspecified atom stereocenters. The van der Waals surface area contributed by atoms with Crippen LogP contribution in [-0.2, 0) is 17.8 Å². The summed E-state index contributed by atoms with van der Waals surface area (Å²) < 4.78 is 13.9. The fourth-order valence-electron chi connectivity index (χ4n) is 2.20. The van der Waals surface area contributed by atoms with Crippen molar-refractivity contribution in [3.63, 3.8) is 0 Å². The molecule has 0 bridgehead atoms. The first-order valence-corrected chi connectivity index (χ1v) is 6.20. The molecule has 0 atom stereocenters. The van der Waals surface area contributed by atoms with Gasteiger partial charge >= 0.3 is 0 Å². The van der Waals surface area contributed by atoms with Crippen LogP contribution in [0.1, 0.15) is 17.5 Å². The highest BCUT2D eigenvalue weighted by molar-refractivity contribution is 5.94. The summed E-state index contributed by atoms with van der Waals surface area (Å²) in [5, 5.41) is 5.75. The molecule has 2 aromatic rings. The predicted octanol–water partition coefficient (Wildman–Crippen LogP) is 2.65. The molecule has 5 heteroatoms. The number of benzene rings is 1. The van der Waals surface area contributed by atoms with Crippen molar-refractivity contribution in [3.05, 3.63) is 47.5 Å². The zero-order valence-corrected chi connectivity index (χ0v) is 10.3. The molecule has 0 fully saturated rings. The third-order valence-electron chi connectivity index (χ3n) is 3.23. The molecule has 0 spiro atoms. The Labute approximate surface area is 110 Å². The summed E-state index contributed by atoms with van der Waals surface area (Å²) in [4.78, 5) is 14.2. The van der Waals surface area contributed by atoms with Crippen molar-refractivity contribution in [2.45, 2.75) is 19.4 Å². The second kappa shape index (κ2) is 4.76. The Morgan fingerprint density at radius 2 is 2.21 bits per heavy atom. The van der Waals surface area contributed by atoms with Crippen molar-refractivity contribution in [1.82, 2.24) is 4.98 Å². The summed E-state index contributed by atoms with van der Waals surface area (Å²) in [5.41, 5.74) is 3.08. The highest BCUT2D eigenvalue weighted by atomic mass is 19.1. The molecule has 1 amide bonds. The fourth-order valence-corrected chi connectivity index (χ4v) is 2.20. The zero-order valence-electron chi connectivity index (χ0n) is 10.3. The van der Waals surface area contributed by atoms with E-state index in [1.54, 1.807) is 6.07 Å². The minimum absolute atomic E-state index is 0.0556. The molecule has 0 saturated carbocycles. The minimum Gasteiger partial charge on any atom is -0.379 e. The molecular formula is C14H14FN3O. The molecule has 0 saturated heterocycles. The van der Waals surface area contributed by atoms with Crippen molar-refractivity contribution >= 4 is 17.3 Å². The van der Waals surface area contributed by atoms with Crippen LogP contribution in [0.5, 0.6) is 0 Å². The lowest BCUT2D eigenvalue weighted by Crippen LogP contribution is -2.19. The second-order valence-corrected chi connectivity index (χ2v) is 4.61. The molecule has 2 heterocycles. The van der Waals surface area contributed by atoms with Crippen LogP contribution in [0.25, 0.3) is 0 Å². The molecule has 98 valence electrons. The van der Waals surface area contributed by atoms with Crippen molar-refractivity contribution in [1.29, 1.82) is 0 Å². The number of carbonyl (C=O) groups excluding carboxylic acids is 1. The van der Waals surface area contributed by atoms with Gasteiger partial charge in [-0.15, -0.1) is 0 Å². The van der Waals surface area contributed by atoms with Crippen LogP contribution >= 0.6 is 0 Å². The van der Waals surface area contributed by atoms with Gasteiger partial charge in [0.1, 0.15) is 5.82 Å². The van der Waals surface area contributed by atoms with Crippen LogP contribution < -0.4 is 10.6 Å². The van der Waals surface area contributed by atoms with E-state index >= 15 is 0 Å².